The molecule has 0 radical (unpaired) electrons. The Balaban J connectivity index is 1.67. The van der Waals surface area contributed by atoms with E-state index in [0.29, 0.717) is 18.6 Å². The Kier molecular flexibility index (Phi) is 6.17. The Bertz CT molecular complexity index is 648. The molecule has 6 heteroatoms. The Morgan fingerprint density at radius 1 is 1.09 bits per heavy atom. The van der Waals surface area contributed by atoms with Gasteiger partial charge in [0.25, 0.3) is 5.91 Å². The predicted molar refractivity (Wildman–Crippen MR) is 90.3 cm³/mol. The van der Waals surface area contributed by atoms with Gasteiger partial charge in [0.05, 0.1) is 0 Å². The number of carbonyl (C=O) groups is 2. The van der Waals surface area contributed by atoms with Crippen molar-refractivity contribution in [1.82, 2.24) is 10.9 Å². The molecule has 122 valence electrons. The standard InChI is InChI=1S/C17H20N2O3S/c1-12-8-13(2)10-14(9-12)22-11-17(21)19-18-16(20)6-5-15-4-3-7-23-15/h3-4,7-10H,5-6,11H2,1-2H3,(H,18,20)(H,19,21). The van der Waals surface area contributed by atoms with Gasteiger partial charge in [-0.2, -0.15) is 0 Å². The zero-order chi connectivity index (χ0) is 16.7. The highest BCUT2D eigenvalue weighted by Crippen LogP contribution is 2.15. The van der Waals surface area contributed by atoms with Crippen LogP contribution in [-0.2, 0) is 16.0 Å². The number of ether oxygens (including phenoxy) is 1. The molecule has 0 bridgehead atoms. The summed E-state index contributed by atoms with van der Waals surface area (Å²) in [6.45, 7) is 3.79. The van der Waals surface area contributed by atoms with E-state index in [9.17, 15) is 9.59 Å². The molecule has 1 aromatic carbocycles. The highest BCUT2D eigenvalue weighted by molar-refractivity contribution is 7.09. The molecular weight excluding hydrogens is 312 g/mol. The Labute approximate surface area is 139 Å². The fourth-order valence-electron chi connectivity index (χ4n) is 2.09. The summed E-state index contributed by atoms with van der Waals surface area (Å²) in [7, 11) is 0. The molecule has 0 fully saturated rings. The molecule has 0 spiro atoms. The van der Waals surface area contributed by atoms with E-state index < -0.39 is 5.91 Å². The van der Waals surface area contributed by atoms with Crippen molar-refractivity contribution in [3.8, 4) is 5.75 Å². The second-order valence-electron chi connectivity index (χ2n) is 5.29. The maximum absolute atomic E-state index is 11.7. The van der Waals surface area contributed by atoms with E-state index in [2.05, 4.69) is 10.9 Å². The highest BCUT2D eigenvalue weighted by atomic mass is 32.1. The molecule has 0 atom stereocenters. The monoisotopic (exact) mass is 332 g/mol. The lowest BCUT2D eigenvalue weighted by molar-refractivity contribution is -0.130. The van der Waals surface area contributed by atoms with Gasteiger partial charge in [0.1, 0.15) is 5.75 Å². The Morgan fingerprint density at radius 3 is 2.43 bits per heavy atom. The van der Waals surface area contributed by atoms with Gasteiger partial charge in [0, 0.05) is 11.3 Å². The maximum atomic E-state index is 11.7. The van der Waals surface area contributed by atoms with Crippen LogP contribution in [0.2, 0.25) is 0 Å². The fourth-order valence-corrected chi connectivity index (χ4v) is 2.80. The minimum absolute atomic E-state index is 0.145. The van der Waals surface area contributed by atoms with Crippen LogP contribution in [0.15, 0.2) is 35.7 Å². The number of thiophene rings is 1. The molecule has 0 saturated heterocycles. The molecule has 2 amide bonds. The largest absolute Gasteiger partial charge is 0.484 e. The predicted octanol–water partition coefficient (Wildman–Crippen LogP) is 2.52. The van der Waals surface area contributed by atoms with Crippen molar-refractivity contribution in [3.05, 3.63) is 51.7 Å². The number of aryl methyl sites for hydroxylation is 3. The highest BCUT2D eigenvalue weighted by Gasteiger charge is 2.07. The van der Waals surface area contributed by atoms with E-state index in [0.717, 1.165) is 16.0 Å². The number of amides is 2. The van der Waals surface area contributed by atoms with Crippen molar-refractivity contribution >= 4 is 23.2 Å². The molecule has 0 saturated carbocycles. The van der Waals surface area contributed by atoms with E-state index in [1.807, 2.05) is 49.6 Å². The van der Waals surface area contributed by atoms with Gasteiger partial charge in [-0.3, -0.25) is 20.4 Å². The summed E-state index contributed by atoms with van der Waals surface area (Å²) >= 11 is 1.61. The molecular formula is C17H20N2O3S. The van der Waals surface area contributed by atoms with E-state index in [1.165, 1.54) is 0 Å². The van der Waals surface area contributed by atoms with Crippen molar-refractivity contribution < 1.29 is 14.3 Å². The third kappa shape index (κ3) is 6.12. The normalized spacial score (nSPS) is 10.2. The molecule has 0 unspecified atom stereocenters. The number of carbonyl (C=O) groups excluding carboxylic acids is 2. The summed E-state index contributed by atoms with van der Waals surface area (Å²) in [4.78, 5) is 24.5. The van der Waals surface area contributed by atoms with Crippen molar-refractivity contribution in [3.63, 3.8) is 0 Å². The summed E-state index contributed by atoms with van der Waals surface area (Å²) in [5, 5.41) is 1.97. The van der Waals surface area contributed by atoms with Crippen molar-refractivity contribution in [2.45, 2.75) is 26.7 Å². The molecule has 0 aliphatic heterocycles. The zero-order valence-corrected chi connectivity index (χ0v) is 14.0. The van der Waals surface area contributed by atoms with Gasteiger partial charge in [-0.15, -0.1) is 11.3 Å². The Morgan fingerprint density at radius 2 is 1.78 bits per heavy atom. The first-order chi connectivity index (χ1) is 11.0. The topological polar surface area (TPSA) is 67.4 Å². The van der Waals surface area contributed by atoms with Crippen LogP contribution in [-0.4, -0.2) is 18.4 Å². The second kappa shape index (κ2) is 8.33. The van der Waals surface area contributed by atoms with Gasteiger partial charge in [-0.05, 0) is 55.0 Å². The summed E-state index contributed by atoms with van der Waals surface area (Å²) in [6.07, 6.45) is 0.997. The molecule has 5 nitrogen and oxygen atoms in total. The maximum Gasteiger partial charge on any atom is 0.276 e. The van der Waals surface area contributed by atoms with E-state index in [1.54, 1.807) is 11.3 Å². The SMILES string of the molecule is Cc1cc(C)cc(OCC(=O)NNC(=O)CCc2cccs2)c1. The summed E-state index contributed by atoms with van der Waals surface area (Å²) < 4.78 is 5.42. The average molecular weight is 332 g/mol. The smallest absolute Gasteiger partial charge is 0.276 e. The number of benzene rings is 1. The zero-order valence-electron chi connectivity index (χ0n) is 13.2. The first kappa shape index (κ1) is 17.0. The van der Waals surface area contributed by atoms with Crippen LogP contribution in [0, 0.1) is 13.8 Å². The Hall–Kier alpha value is -2.34. The quantitative estimate of drug-likeness (QED) is 0.799. The van der Waals surface area contributed by atoms with Gasteiger partial charge in [-0.1, -0.05) is 12.1 Å². The van der Waals surface area contributed by atoms with E-state index in [-0.39, 0.29) is 12.5 Å². The minimum atomic E-state index is -0.395. The molecule has 23 heavy (non-hydrogen) atoms. The van der Waals surface area contributed by atoms with Crippen LogP contribution < -0.4 is 15.6 Å². The molecule has 2 N–H and O–H groups in total. The van der Waals surface area contributed by atoms with Gasteiger partial charge in [0.15, 0.2) is 6.61 Å². The molecule has 1 aromatic heterocycles. The summed E-state index contributed by atoms with van der Waals surface area (Å²) in [5.41, 5.74) is 6.89. The number of nitrogens with one attached hydrogen (secondary N) is 2. The lowest BCUT2D eigenvalue weighted by atomic mass is 10.1. The van der Waals surface area contributed by atoms with Crippen LogP contribution in [0.3, 0.4) is 0 Å². The van der Waals surface area contributed by atoms with Crippen LogP contribution in [0.25, 0.3) is 0 Å². The number of rotatable bonds is 6. The van der Waals surface area contributed by atoms with Crippen LogP contribution >= 0.6 is 11.3 Å². The van der Waals surface area contributed by atoms with Crippen LogP contribution in [0.5, 0.6) is 5.75 Å². The number of hydrogen-bond donors (Lipinski definition) is 2. The summed E-state index contributed by atoms with van der Waals surface area (Å²) in [5.74, 6) is 0.0217. The average Bonchev–Trinajstić information content (AvgIpc) is 3.01. The van der Waals surface area contributed by atoms with Crippen molar-refractivity contribution in [1.29, 1.82) is 0 Å². The molecule has 0 aliphatic rings. The molecule has 0 aliphatic carbocycles. The summed E-state index contributed by atoms with van der Waals surface area (Å²) in [6, 6.07) is 9.68. The van der Waals surface area contributed by atoms with Crippen LogP contribution in [0.4, 0.5) is 0 Å². The third-order valence-corrected chi connectivity index (χ3v) is 4.02. The van der Waals surface area contributed by atoms with E-state index in [4.69, 9.17) is 4.74 Å². The molecule has 1 heterocycles. The van der Waals surface area contributed by atoms with Gasteiger partial charge in [-0.25, -0.2) is 0 Å². The minimum Gasteiger partial charge on any atom is -0.484 e. The van der Waals surface area contributed by atoms with E-state index >= 15 is 0 Å². The van der Waals surface area contributed by atoms with Crippen molar-refractivity contribution in [2.24, 2.45) is 0 Å². The first-order valence-corrected chi connectivity index (χ1v) is 8.22. The molecule has 2 rings (SSSR count). The van der Waals surface area contributed by atoms with Crippen molar-refractivity contribution in [2.75, 3.05) is 6.61 Å². The van der Waals surface area contributed by atoms with Gasteiger partial charge < -0.3 is 4.74 Å². The fraction of sp³-hybridized carbons (Fsp3) is 0.294. The third-order valence-electron chi connectivity index (χ3n) is 3.09. The van der Waals surface area contributed by atoms with Gasteiger partial charge >= 0.3 is 0 Å². The molecule has 2 aromatic rings. The van der Waals surface area contributed by atoms with Crippen LogP contribution in [0.1, 0.15) is 22.4 Å². The van der Waals surface area contributed by atoms with Gasteiger partial charge in [0.2, 0.25) is 5.91 Å². The number of hydrazine groups is 1. The number of hydrogen-bond acceptors (Lipinski definition) is 4. The first-order valence-electron chi connectivity index (χ1n) is 7.34. The lowest BCUT2D eigenvalue weighted by Gasteiger charge is -2.09. The second-order valence-corrected chi connectivity index (χ2v) is 6.32. The lowest BCUT2D eigenvalue weighted by Crippen LogP contribution is -2.43.